The molecule has 33 heavy (non-hydrogen) atoms. The Hall–Kier alpha value is -3.88. The van der Waals surface area contributed by atoms with Crippen molar-refractivity contribution >= 4 is 53.3 Å². The summed E-state index contributed by atoms with van der Waals surface area (Å²) < 4.78 is 5.12. The molecule has 0 aliphatic rings. The van der Waals surface area contributed by atoms with Crippen molar-refractivity contribution in [1.29, 1.82) is 0 Å². The number of benzene rings is 5. The molecule has 0 spiro atoms. The van der Waals surface area contributed by atoms with E-state index in [-0.39, 0.29) is 0 Å². The van der Waals surface area contributed by atoms with Crippen LogP contribution in [0.2, 0.25) is 0 Å². The summed E-state index contributed by atoms with van der Waals surface area (Å²) in [7, 11) is 0. The molecular formula is C31H21NS. The van der Waals surface area contributed by atoms with Crippen molar-refractivity contribution in [3.8, 4) is 16.8 Å². The lowest BCUT2D eigenvalue weighted by molar-refractivity contribution is 1.18. The van der Waals surface area contributed by atoms with Gasteiger partial charge in [-0.05, 0) is 54.4 Å². The zero-order valence-electron chi connectivity index (χ0n) is 18.2. The maximum Gasteiger partial charge on any atom is 0.0541 e. The standard InChI is InChI=1S/C31H21NS/c1-20-9-8-16-30-31(20)25-19-21(17-18-29(25)33-30)22-10-2-5-13-26(22)32-27-14-6-3-11-23(27)24-12-4-7-15-28(24)32/h2-19H,1H3. The predicted octanol–water partition coefficient (Wildman–Crippen LogP) is 9.13. The lowest BCUT2D eigenvalue weighted by Gasteiger charge is -2.14. The van der Waals surface area contributed by atoms with Gasteiger partial charge in [-0.3, -0.25) is 0 Å². The number of hydrogen-bond acceptors (Lipinski definition) is 1. The molecule has 2 heteroatoms. The van der Waals surface area contributed by atoms with Crippen LogP contribution >= 0.6 is 11.3 Å². The van der Waals surface area contributed by atoms with E-state index in [0.717, 1.165) is 0 Å². The average Bonchev–Trinajstić information content (AvgIpc) is 3.40. The van der Waals surface area contributed by atoms with E-state index in [9.17, 15) is 0 Å². The van der Waals surface area contributed by atoms with Crippen LogP contribution in [0.1, 0.15) is 5.56 Å². The lowest BCUT2D eigenvalue weighted by Crippen LogP contribution is -1.96. The molecule has 0 N–H and O–H groups in total. The molecule has 7 aromatic rings. The fourth-order valence-corrected chi connectivity index (χ4v) is 6.43. The Balaban J connectivity index is 1.55. The van der Waals surface area contributed by atoms with E-state index in [0.29, 0.717) is 0 Å². The third-order valence-electron chi connectivity index (χ3n) is 6.74. The van der Waals surface area contributed by atoms with Crippen molar-refractivity contribution in [1.82, 2.24) is 4.57 Å². The van der Waals surface area contributed by atoms with Gasteiger partial charge in [-0.2, -0.15) is 0 Å². The van der Waals surface area contributed by atoms with Gasteiger partial charge in [0.2, 0.25) is 0 Å². The van der Waals surface area contributed by atoms with Crippen molar-refractivity contribution in [3.63, 3.8) is 0 Å². The van der Waals surface area contributed by atoms with Crippen molar-refractivity contribution < 1.29 is 0 Å². The normalized spacial score (nSPS) is 11.8. The number of para-hydroxylation sites is 3. The summed E-state index contributed by atoms with van der Waals surface area (Å²) in [5.41, 5.74) is 7.53. The van der Waals surface area contributed by atoms with Crippen LogP contribution in [-0.2, 0) is 0 Å². The first-order valence-corrected chi connectivity index (χ1v) is 12.1. The van der Waals surface area contributed by atoms with E-state index in [1.807, 2.05) is 11.3 Å². The molecule has 0 unspecified atom stereocenters. The van der Waals surface area contributed by atoms with Crippen LogP contribution in [0.3, 0.4) is 0 Å². The smallest absolute Gasteiger partial charge is 0.0541 e. The van der Waals surface area contributed by atoms with Crippen LogP contribution < -0.4 is 0 Å². The van der Waals surface area contributed by atoms with Crippen molar-refractivity contribution in [2.75, 3.05) is 0 Å². The van der Waals surface area contributed by atoms with Crippen LogP contribution in [0.25, 0.3) is 58.8 Å². The first-order valence-electron chi connectivity index (χ1n) is 11.3. The number of thiophene rings is 1. The Morgan fingerprint density at radius 2 is 1.27 bits per heavy atom. The van der Waals surface area contributed by atoms with E-state index >= 15 is 0 Å². The second-order valence-corrected chi connectivity index (χ2v) is 9.73. The van der Waals surface area contributed by atoms with E-state index in [1.165, 1.54) is 64.4 Å². The molecule has 7 rings (SSSR count). The number of hydrogen-bond donors (Lipinski definition) is 0. The molecule has 2 heterocycles. The fourth-order valence-electron chi connectivity index (χ4n) is 5.27. The van der Waals surface area contributed by atoms with Gasteiger partial charge in [0.05, 0.1) is 16.7 Å². The molecule has 0 radical (unpaired) electrons. The number of aryl methyl sites for hydroxylation is 1. The molecule has 5 aromatic carbocycles. The first-order chi connectivity index (χ1) is 16.3. The molecule has 0 amide bonds. The van der Waals surface area contributed by atoms with Gasteiger partial charge in [-0.15, -0.1) is 11.3 Å². The minimum Gasteiger partial charge on any atom is -0.309 e. The zero-order valence-corrected chi connectivity index (χ0v) is 19.1. The van der Waals surface area contributed by atoms with E-state index in [2.05, 4.69) is 121 Å². The summed E-state index contributed by atoms with van der Waals surface area (Å²) in [6, 6.07) is 39.8. The van der Waals surface area contributed by atoms with Gasteiger partial charge in [-0.1, -0.05) is 72.8 Å². The molecule has 0 saturated carbocycles. The zero-order chi connectivity index (χ0) is 21.9. The second kappa shape index (κ2) is 7.06. The monoisotopic (exact) mass is 439 g/mol. The Labute approximate surface area is 196 Å². The largest absolute Gasteiger partial charge is 0.309 e. The SMILES string of the molecule is Cc1cccc2sc3ccc(-c4ccccc4-n4c5ccccc5c5ccccc54)cc3c12. The Morgan fingerprint density at radius 3 is 2.06 bits per heavy atom. The molecule has 156 valence electrons. The number of fused-ring (bicyclic) bond motifs is 6. The molecule has 0 atom stereocenters. The summed E-state index contributed by atoms with van der Waals surface area (Å²) in [5, 5.41) is 5.31. The third-order valence-corrected chi connectivity index (χ3v) is 7.88. The maximum atomic E-state index is 2.42. The topological polar surface area (TPSA) is 4.93 Å². The number of nitrogens with zero attached hydrogens (tertiary/aromatic N) is 1. The van der Waals surface area contributed by atoms with Gasteiger partial charge in [0.1, 0.15) is 0 Å². The maximum absolute atomic E-state index is 2.42. The minimum atomic E-state index is 1.21. The quantitative estimate of drug-likeness (QED) is 0.253. The van der Waals surface area contributed by atoms with E-state index in [1.54, 1.807) is 0 Å². The first kappa shape index (κ1) is 18.7. The fraction of sp³-hybridized carbons (Fsp3) is 0.0323. The molecule has 2 aromatic heterocycles. The molecule has 0 fully saturated rings. The lowest BCUT2D eigenvalue weighted by atomic mass is 9.99. The summed E-state index contributed by atoms with van der Waals surface area (Å²) in [6.45, 7) is 2.22. The van der Waals surface area contributed by atoms with Crippen molar-refractivity contribution in [3.05, 3.63) is 115 Å². The highest BCUT2D eigenvalue weighted by molar-refractivity contribution is 7.25. The number of rotatable bonds is 2. The minimum absolute atomic E-state index is 1.21. The van der Waals surface area contributed by atoms with E-state index < -0.39 is 0 Å². The van der Waals surface area contributed by atoms with Crippen molar-refractivity contribution in [2.24, 2.45) is 0 Å². The molecule has 0 bridgehead atoms. The van der Waals surface area contributed by atoms with Gasteiger partial charge in [0, 0.05) is 36.5 Å². The molecule has 0 aliphatic carbocycles. The van der Waals surface area contributed by atoms with Gasteiger partial charge in [0.15, 0.2) is 0 Å². The highest BCUT2D eigenvalue weighted by atomic mass is 32.1. The van der Waals surface area contributed by atoms with Gasteiger partial charge in [0.25, 0.3) is 0 Å². The Bertz CT molecular complexity index is 1780. The highest BCUT2D eigenvalue weighted by Gasteiger charge is 2.16. The molecule has 1 nitrogen and oxygen atoms in total. The van der Waals surface area contributed by atoms with Crippen LogP contribution in [0, 0.1) is 6.92 Å². The summed E-state index contributed by atoms with van der Waals surface area (Å²) >= 11 is 1.88. The van der Waals surface area contributed by atoms with Gasteiger partial charge < -0.3 is 4.57 Å². The van der Waals surface area contributed by atoms with Crippen LogP contribution in [0.5, 0.6) is 0 Å². The Morgan fingerprint density at radius 1 is 0.576 bits per heavy atom. The second-order valence-electron chi connectivity index (χ2n) is 8.65. The summed E-state index contributed by atoms with van der Waals surface area (Å²) in [6.07, 6.45) is 0. The highest BCUT2D eigenvalue weighted by Crippen LogP contribution is 2.40. The van der Waals surface area contributed by atoms with Crippen LogP contribution in [-0.4, -0.2) is 4.57 Å². The molecule has 0 aliphatic heterocycles. The van der Waals surface area contributed by atoms with Gasteiger partial charge >= 0.3 is 0 Å². The predicted molar refractivity (Wildman–Crippen MR) is 144 cm³/mol. The number of aromatic nitrogens is 1. The Kier molecular flexibility index (Phi) is 3.99. The summed E-state index contributed by atoms with van der Waals surface area (Å²) in [4.78, 5) is 0. The van der Waals surface area contributed by atoms with Crippen LogP contribution in [0.4, 0.5) is 0 Å². The third kappa shape index (κ3) is 2.71. The summed E-state index contributed by atoms with van der Waals surface area (Å²) in [5.74, 6) is 0. The van der Waals surface area contributed by atoms with Crippen molar-refractivity contribution in [2.45, 2.75) is 6.92 Å². The average molecular weight is 440 g/mol. The molecule has 0 saturated heterocycles. The van der Waals surface area contributed by atoms with Gasteiger partial charge in [-0.25, -0.2) is 0 Å². The van der Waals surface area contributed by atoms with E-state index in [4.69, 9.17) is 0 Å². The van der Waals surface area contributed by atoms with Crippen LogP contribution in [0.15, 0.2) is 109 Å². The molecular weight excluding hydrogens is 418 g/mol.